The topological polar surface area (TPSA) is 72.5 Å². The maximum Gasteiger partial charge on any atom is 0.244 e. The number of aliphatic hydroxyl groups is 1. The first kappa shape index (κ1) is 16.3. The summed E-state index contributed by atoms with van der Waals surface area (Å²) < 4.78 is 0. The van der Waals surface area contributed by atoms with E-state index in [9.17, 15) is 9.90 Å². The van der Waals surface area contributed by atoms with Gasteiger partial charge < -0.3 is 10.0 Å². The van der Waals surface area contributed by atoms with Crippen LogP contribution in [0.3, 0.4) is 0 Å². The van der Waals surface area contributed by atoms with Crippen molar-refractivity contribution >= 4 is 5.91 Å². The number of carbonyl (C=O) groups is 1. The molecule has 6 nitrogen and oxygen atoms in total. The fraction of sp³-hybridized carbons (Fsp3) is 0.474. The number of nitrogens with one attached hydrogen (secondary N) is 1. The van der Waals surface area contributed by atoms with Crippen LogP contribution < -0.4 is 0 Å². The number of piperidine rings is 1. The molecule has 25 heavy (non-hydrogen) atoms. The van der Waals surface area contributed by atoms with Gasteiger partial charge in [0.1, 0.15) is 6.04 Å². The zero-order chi connectivity index (χ0) is 17.2. The lowest BCUT2D eigenvalue weighted by Crippen LogP contribution is -2.47. The van der Waals surface area contributed by atoms with Crippen molar-refractivity contribution in [1.82, 2.24) is 20.0 Å². The highest BCUT2D eigenvalue weighted by Gasteiger charge is 2.34. The first-order valence-electron chi connectivity index (χ1n) is 8.99. The van der Waals surface area contributed by atoms with Crippen molar-refractivity contribution in [2.24, 2.45) is 0 Å². The zero-order valence-corrected chi connectivity index (χ0v) is 14.3. The minimum atomic E-state index is -0.276. The lowest BCUT2D eigenvalue weighted by Gasteiger charge is -2.39. The van der Waals surface area contributed by atoms with Crippen LogP contribution in [0.15, 0.2) is 36.5 Å². The minimum absolute atomic E-state index is 0.148. The van der Waals surface area contributed by atoms with Gasteiger partial charge in [0, 0.05) is 43.9 Å². The van der Waals surface area contributed by atoms with E-state index in [1.165, 1.54) is 0 Å². The van der Waals surface area contributed by atoms with Crippen molar-refractivity contribution in [2.45, 2.75) is 38.0 Å². The van der Waals surface area contributed by atoms with Gasteiger partial charge in [-0.3, -0.25) is 14.8 Å². The third-order valence-corrected chi connectivity index (χ3v) is 5.33. The lowest BCUT2D eigenvalue weighted by molar-refractivity contribution is -0.139. The van der Waals surface area contributed by atoms with Crippen LogP contribution >= 0.6 is 0 Å². The summed E-state index contributed by atoms with van der Waals surface area (Å²) in [5.74, 6) is 0.148. The number of nitrogens with zero attached hydrogens (tertiary/aromatic N) is 3. The predicted octanol–water partition coefficient (Wildman–Crippen LogP) is 1.49. The maximum atomic E-state index is 13.4. The molecule has 3 heterocycles. The Morgan fingerprint density at radius 1 is 1.20 bits per heavy atom. The fourth-order valence-corrected chi connectivity index (χ4v) is 3.87. The SMILES string of the molecule is O=C(C(c1ccccc1)N1CCC(O)CC1)N1CCc2[nH]ncc2C1. The molecular formula is C19H24N4O2. The standard InChI is InChI=1S/C19H24N4O2/c24-16-6-9-22(10-7-16)18(14-4-2-1-3-5-14)19(25)23-11-8-17-15(13-23)12-20-21-17/h1-5,12,16,18,24H,6-11,13H2,(H,20,21). The first-order valence-corrected chi connectivity index (χ1v) is 8.99. The van der Waals surface area contributed by atoms with Gasteiger partial charge in [0.2, 0.25) is 5.91 Å². The van der Waals surface area contributed by atoms with E-state index in [1.54, 1.807) is 0 Å². The number of carbonyl (C=O) groups excluding carboxylic acids is 1. The molecule has 1 amide bonds. The summed E-state index contributed by atoms with van der Waals surface area (Å²) in [6.45, 7) is 2.83. The van der Waals surface area contributed by atoms with Crippen molar-refractivity contribution < 1.29 is 9.90 Å². The smallest absolute Gasteiger partial charge is 0.244 e. The molecule has 1 aromatic heterocycles. The van der Waals surface area contributed by atoms with Gasteiger partial charge in [-0.2, -0.15) is 5.10 Å². The Labute approximate surface area is 147 Å². The maximum absolute atomic E-state index is 13.4. The van der Waals surface area contributed by atoms with Crippen LogP contribution in [-0.2, 0) is 17.8 Å². The zero-order valence-electron chi connectivity index (χ0n) is 14.3. The molecule has 0 radical (unpaired) electrons. The molecule has 1 unspecified atom stereocenters. The number of aliphatic hydroxyl groups excluding tert-OH is 1. The summed E-state index contributed by atoms with van der Waals surface area (Å²) >= 11 is 0. The van der Waals surface area contributed by atoms with E-state index in [-0.39, 0.29) is 18.1 Å². The largest absolute Gasteiger partial charge is 0.393 e. The molecule has 1 atom stereocenters. The van der Waals surface area contributed by atoms with E-state index >= 15 is 0 Å². The van der Waals surface area contributed by atoms with Gasteiger partial charge in [0.25, 0.3) is 0 Å². The third-order valence-electron chi connectivity index (χ3n) is 5.33. The average molecular weight is 340 g/mol. The number of hydrogen-bond donors (Lipinski definition) is 2. The van der Waals surface area contributed by atoms with Crippen LogP contribution in [0.4, 0.5) is 0 Å². The van der Waals surface area contributed by atoms with Gasteiger partial charge >= 0.3 is 0 Å². The monoisotopic (exact) mass is 340 g/mol. The molecule has 0 saturated carbocycles. The van der Waals surface area contributed by atoms with E-state index in [2.05, 4.69) is 15.1 Å². The Morgan fingerprint density at radius 3 is 2.72 bits per heavy atom. The Hall–Kier alpha value is -2.18. The Kier molecular flexibility index (Phi) is 4.55. The Balaban J connectivity index is 1.58. The van der Waals surface area contributed by atoms with Crippen molar-refractivity contribution in [3.63, 3.8) is 0 Å². The van der Waals surface area contributed by atoms with Crippen molar-refractivity contribution in [3.8, 4) is 0 Å². The molecule has 0 aliphatic carbocycles. The minimum Gasteiger partial charge on any atom is -0.393 e. The molecule has 0 spiro atoms. The van der Waals surface area contributed by atoms with E-state index < -0.39 is 0 Å². The van der Waals surface area contributed by atoms with Crippen molar-refractivity contribution in [1.29, 1.82) is 0 Å². The Morgan fingerprint density at radius 2 is 1.96 bits per heavy atom. The quantitative estimate of drug-likeness (QED) is 0.888. The molecular weight excluding hydrogens is 316 g/mol. The summed E-state index contributed by atoms with van der Waals surface area (Å²) in [6, 6.07) is 9.73. The molecule has 2 aliphatic rings. The van der Waals surface area contributed by atoms with Crippen LogP contribution in [0.25, 0.3) is 0 Å². The molecule has 1 fully saturated rings. The number of rotatable bonds is 3. The highest BCUT2D eigenvalue weighted by atomic mass is 16.3. The number of fused-ring (bicyclic) bond motifs is 1. The summed E-state index contributed by atoms with van der Waals surface area (Å²) in [5.41, 5.74) is 3.28. The normalized spacial score (nSPS) is 20.3. The summed E-state index contributed by atoms with van der Waals surface area (Å²) in [4.78, 5) is 17.6. The number of likely N-dealkylation sites (tertiary alicyclic amines) is 1. The van der Waals surface area contributed by atoms with Gasteiger partial charge in [0.15, 0.2) is 0 Å². The molecule has 4 rings (SSSR count). The number of H-pyrrole nitrogens is 1. The molecule has 6 heteroatoms. The Bertz CT molecular complexity index is 722. The van der Waals surface area contributed by atoms with E-state index in [0.717, 1.165) is 49.2 Å². The first-order chi connectivity index (χ1) is 12.2. The summed E-state index contributed by atoms with van der Waals surface area (Å²) in [6.07, 6.45) is 3.85. The van der Waals surface area contributed by atoms with Gasteiger partial charge in [0.05, 0.1) is 12.3 Å². The van der Waals surface area contributed by atoms with Crippen molar-refractivity contribution in [3.05, 3.63) is 53.3 Å². The van der Waals surface area contributed by atoms with Crippen LogP contribution in [0.5, 0.6) is 0 Å². The van der Waals surface area contributed by atoms with Gasteiger partial charge in [-0.15, -0.1) is 0 Å². The van der Waals surface area contributed by atoms with Crippen LogP contribution in [0.1, 0.15) is 35.7 Å². The van der Waals surface area contributed by atoms with Crippen LogP contribution in [0.2, 0.25) is 0 Å². The summed E-state index contributed by atoms with van der Waals surface area (Å²) in [5, 5.41) is 16.9. The number of aromatic amines is 1. The lowest BCUT2D eigenvalue weighted by atomic mass is 9.98. The van der Waals surface area contributed by atoms with Gasteiger partial charge in [-0.05, 0) is 18.4 Å². The molecule has 1 saturated heterocycles. The van der Waals surface area contributed by atoms with Gasteiger partial charge in [-0.25, -0.2) is 0 Å². The molecule has 2 aromatic rings. The van der Waals surface area contributed by atoms with Gasteiger partial charge in [-0.1, -0.05) is 30.3 Å². The number of aromatic nitrogens is 2. The predicted molar refractivity (Wildman–Crippen MR) is 93.7 cm³/mol. The molecule has 132 valence electrons. The average Bonchev–Trinajstić information content (AvgIpc) is 3.12. The number of hydrogen-bond acceptors (Lipinski definition) is 4. The van der Waals surface area contributed by atoms with Crippen LogP contribution in [-0.4, -0.2) is 56.7 Å². The number of benzene rings is 1. The highest BCUT2D eigenvalue weighted by molar-refractivity contribution is 5.83. The fourth-order valence-electron chi connectivity index (χ4n) is 3.87. The van der Waals surface area contributed by atoms with E-state index in [4.69, 9.17) is 0 Å². The van der Waals surface area contributed by atoms with Crippen molar-refractivity contribution in [2.75, 3.05) is 19.6 Å². The van der Waals surface area contributed by atoms with E-state index in [1.807, 2.05) is 41.4 Å². The third kappa shape index (κ3) is 3.32. The molecule has 2 aliphatic heterocycles. The number of amides is 1. The van der Waals surface area contributed by atoms with E-state index in [0.29, 0.717) is 13.1 Å². The summed E-state index contributed by atoms with van der Waals surface area (Å²) in [7, 11) is 0. The molecule has 2 N–H and O–H groups in total. The molecule has 0 bridgehead atoms. The highest BCUT2D eigenvalue weighted by Crippen LogP contribution is 2.29. The second-order valence-electron chi connectivity index (χ2n) is 6.96. The molecule has 1 aromatic carbocycles. The second kappa shape index (κ2) is 6.98. The van der Waals surface area contributed by atoms with Crippen LogP contribution in [0, 0.1) is 0 Å². The second-order valence-corrected chi connectivity index (χ2v) is 6.96.